The van der Waals surface area contributed by atoms with Crippen molar-refractivity contribution in [3.63, 3.8) is 0 Å². The lowest BCUT2D eigenvalue weighted by Gasteiger charge is -2.36. The van der Waals surface area contributed by atoms with Gasteiger partial charge in [0.05, 0.1) is 5.56 Å². The minimum atomic E-state index is -3.39. The fourth-order valence-corrected chi connectivity index (χ4v) is 4.96. The zero-order valence-corrected chi connectivity index (χ0v) is 15.4. The van der Waals surface area contributed by atoms with E-state index in [9.17, 15) is 13.2 Å². The number of benzene rings is 1. The molecule has 0 radical (unpaired) electrons. The van der Waals surface area contributed by atoms with E-state index in [1.807, 2.05) is 12.1 Å². The number of rotatable bonds is 5. The van der Waals surface area contributed by atoms with Crippen LogP contribution in [-0.2, 0) is 16.8 Å². The van der Waals surface area contributed by atoms with Gasteiger partial charge in [0.25, 0.3) is 10.2 Å². The zero-order chi connectivity index (χ0) is 18.2. The molecule has 3 aliphatic rings. The Labute approximate surface area is 149 Å². The average molecular weight is 367 g/mol. The van der Waals surface area contributed by atoms with Crippen LogP contribution in [0.3, 0.4) is 0 Å². The molecule has 2 atom stereocenters. The first kappa shape index (κ1) is 18.3. The molecule has 8 heteroatoms. The Kier molecular flexibility index (Phi) is 5.15. The van der Waals surface area contributed by atoms with E-state index in [-0.39, 0.29) is 11.6 Å². The van der Waals surface area contributed by atoms with Gasteiger partial charge in [-0.25, -0.2) is 4.79 Å². The molecule has 1 aromatic rings. The van der Waals surface area contributed by atoms with Crippen LogP contribution in [0.2, 0.25) is 0 Å². The Bertz CT molecular complexity index is 733. The number of carboxylic acids is 1. The molecule has 138 valence electrons. The van der Waals surface area contributed by atoms with Gasteiger partial charge in [-0.15, -0.1) is 0 Å². The van der Waals surface area contributed by atoms with Crippen molar-refractivity contribution in [1.82, 2.24) is 13.5 Å². The Morgan fingerprint density at radius 1 is 1.16 bits per heavy atom. The van der Waals surface area contributed by atoms with Gasteiger partial charge in [-0.05, 0) is 36.5 Å². The summed E-state index contributed by atoms with van der Waals surface area (Å²) in [6, 6.07) is 7.13. The lowest BCUT2D eigenvalue weighted by atomic mass is 9.94. The molecular weight excluding hydrogens is 342 g/mol. The Morgan fingerprint density at radius 3 is 2.44 bits per heavy atom. The summed E-state index contributed by atoms with van der Waals surface area (Å²) in [4.78, 5) is 13.3. The van der Waals surface area contributed by atoms with Gasteiger partial charge in [-0.1, -0.05) is 12.1 Å². The highest BCUT2D eigenvalue weighted by atomic mass is 32.2. The van der Waals surface area contributed by atoms with Gasteiger partial charge >= 0.3 is 5.97 Å². The topological polar surface area (TPSA) is 81.2 Å². The Morgan fingerprint density at radius 2 is 1.84 bits per heavy atom. The van der Waals surface area contributed by atoms with Crippen molar-refractivity contribution in [3.8, 4) is 0 Å². The van der Waals surface area contributed by atoms with Crippen LogP contribution in [0.5, 0.6) is 0 Å². The van der Waals surface area contributed by atoms with E-state index in [1.54, 1.807) is 30.5 Å². The van der Waals surface area contributed by atoms with Crippen LogP contribution in [0.1, 0.15) is 28.8 Å². The number of hydrogen-bond donors (Lipinski definition) is 1. The summed E-state index contributed by atoms with van der Waals surface area (Å²) in [7, 11) is -0.239. The summed E-state index contributed by atoms with van der Waals surface area (Å²) in [6.07, 6.45) is 2.05. The van der Waals surface area contributed by atoms with E-state index in [1.165, 1.54) is 4.31 Å². The monoisotopic (exact) mass is 367 g/mol. The van der Waals surface area contributed by atoms with Crippen LogP contribution in [0.15, 0.2) is 24.3 Å². The molecule has 0 aliphatic carbocycles. The minimum Gasteiger partial charge on any atom is -0.478 e. The number of aromatic carboxylic acids is 1. The van der Waals surface area contributed by atoms with Crippen molar-refractivity contribution < 1.29 is 18.3 Å². The normalized spacial score (nSPS) is 25.2. The number of hydrogen-bond acceptors (Lipinski definition) is 4. The van der Waals surface area contributed by atoms with Gasteiger partial charge in [-0.3, -0.25) is 4.90 Å². The molecule has 3 saturated heterocycles. The first-order valence-electron chi connectivity index (χ1n) is 8.51. The van der Waals surface area contributed by atoms with E-state index in [0.29, 0.717) is 19.0 Å². The number of carboxylic acid groups (broad SMARTS) is 1. The summed E-state index contributed by atoms with van der Waals surface area (Å²) in [5.74, 6) is -0.586. The van der Waals surface area contributed by atoms with E-state index in [2.05, 4.69) is 4.90 Å². The van der Waals surface area contributed by atoms with E-state index in [0.717, 1.165) is 31.5 Å². The van der Waals surface area contributed by atoms with Gasteiger partial charge in [-0.2, -0.15) is 17.0 Å². The maximum Gasteiger partial charge on any atom is 0.335 e. The minimum absolute atomic E-state index is 0.202. The van der Waals surface area contributed by atoms with Gasteiger partial charge in [0.15, 0.2) is 0 Å². The molecule has 2 bridgehead atoms. The predicted molar refractivity (Wildman–Crippen MR) is 94.5 cm³/mol. The number of piperidine rings is 1. The van der Waals surface area contributed by atoms with E-state index in [4.69, 9.17) is 5.11 Å². The molecular formula is C17H25N3O4S. The van der Waals surface area contributed by atoms with Crippen molar-refractivity contribution in [2.75, 3.05) is 33.7 Å². The molecule has 3 fully saturated rings. The van der Waals surface area contributed by atoms with Crippen LogP contribution >= 0.6 is 0 Å². The van der Waals surface area contributed by atoms with Gasteiger partial charge in [0, 0.05) is 46.3 Å². The average Bonchev–Trinajstić information content (AvgIpc) is 2.87. The summed E-state index contributed by atoms with van der Waals surface area (Å²) < 4.78 is 27.9. The van der Waals surface area contributed by atoms with Crippen LogP contribution in [-0.4, -0.2) is 72.8 Å². The number of nitrogens with zero attached hydrogens (tertiary/aromatic N) is 3. The molecule has 0 saturated carbocycles. The molecule has 3 heterocycles. The van der Waals surface area contributed by atoms with Crippen LogP contribution in [0.4, 0.5) is 0 Å². The molecule has 4 rings (SSSR count). The molecule has 1 aromatic carbocycles. The van der Waals surface area contributed by atoms with Crippen molar-refractivity contribution in [2.45, 2.75) is 25.4 Å². The zero-order valence-electron chi connectivity index (χ0n) is 14.6. The lowest BCUT2D eigenvalue weighted by Crippen LogP contribution is -2.45. The number of fused-ring (bicyclic) bond motifs is 4. The van der Waals surface area contributed by atoms with Crippen molar-refractivity contribution >= 4 is 16.2 Å². The first-order chi connectivity index (χ1) is 11.8. The predicted octanol–water partition coefficient (Wildman–Crippen LogP) is 1.09. The summed E-state index contributed by atoms with van der Waals surface area (Å²) >= 11 is 0. The summed E-state index contributed by atoms with van der Waals surface area (Å²) in [6.45, 7) is 2.69. The molecule has 0 unspecified atom stereocenters. The Balaban J connectivity index is 1.73. The molecule has 0 spiro atoms. The van der Waals surface area contributed by atoms with Crippen LogP contribution in [0, 0.1) is 5.92 Å². The molecule has 25 heavy (non-hydrogen) atoms. The fraction of sp³-hybridized carbons (Fsp3) is 0.588. The third-order valence-corrected chi connectivity index (χ3v) is 7.04. The van der Waals surface area contributed by atoms with Crippen molar-refractivity contribution in [1.29, 1.82) is 0 Å². The maximum atomic E-state index is 12.5. The lowest BCUT2D eigenvalue weighted by molar-refractivity contribution is 0.0697. The highest BCUT2D eigenvalue weighted by Crippen LogP contribution is 2.30. The smallest absolute Gasteiger partial charge is 0.335 e. The maximum absolute atomic E-state index is 12.5. The second-order valence-electron chi connectivity index (χ2n) is 7.14. The van der Waals surface area contributed by atoms with E-state index < -0.39 is 16.2 Å². The second-order valence-corrected chi connectivity index (χ2v) is 9.28. The fourth-order valence-electron chi connectivity index (χ4n) is 3.74. The molecule has 0 amide bonds. The van der Waals surface area contributed by atoms with Crippen LogP contribution < -0.4 is 0 Å². The second kappa shape index (κ2) is 7.03. The SMILES string of the molecule is CN(C)S(=O)(=O)N1C[C@@H]2CC[C@H](C1)N(Cc1ccc(C(=O)O)cc1)C2. The molecule has 3 aliphatic heterocycles. The standard InChI is InChI=1S/C17H25N3O4S/c1-18(2)25(23,24)20-11-14-5-8-16(12-20)19(10-14)9-13-3-6-15(7-4-13)17(21)22/h3-4,6-7,14,16H,5,8-12H2,1-2H3,(H,21,22)/t14-,16-/m1/s1. The Hall–Kier alpha value is -1.48. The van der Waals surface area contributed by atoms with Gasteiger partial charge in [0.1, 0.15) is 0 Å². The van der Waals surface area contributed by atoms with E-state index >= 15 is 0 Å². The first-order valence-corrected chi connectivity index (χ1v) is 9.91. The van der Waals surface area contributed by atoms with Crippen molar-refractivity contribution in [2.24, 2.45) is 5.92 Å². The molecule has 0 aromatic heterocycles. The van der Waals surface area contributed by atoms with Gasteiger partial charge in [0.2, 0.25) is 0 Å². The van der Waals surface area contributed by atoms with Crippen molar-refractivity contribution in [3.05, 3.63) is 35.4 Å². The quantitative estimate of drug-likeness (QED) is 0.842. The van der Waals surface area contributed by atoms with Crippen LogP contribution in [0.25, 0.3) is 0 Å². The molecule has 7 nitrogen and oxygen atoms in total. The highest BCUT2D eigenvalue weighted by Gasteiger charge is 2.39. The summed E-state index contributed by atoms with van der Waals surface area (Å²) in [5.41, 5.74) is 1.34. The third-order valence-electron chi connectivity index (χ3n) is 5.17. The third kappa shape index (κ3) is 3.87. The number of carbonyl (C=O) groups is 1. The largest absolute Gasteiger partial charge is 0.478 e. The molecule has 1 N–H and O–H groups in total. The van der Waals surface area contributed by atoms with Gasteiger partial charge < -0.3 is 5.11 Å². The summed E-state index contributed by atoms with van der Waals surface area (Å²) in [5, 5.41) is 8.99. The highest BCUT2D eigenvalue weighted by molar-refractivity contribution is 7.86.